The highest BCUT2D eigenvalue weighted by Crippen LogP contribution is 2.17. The standard InChI is InChI=1S/C9H12FN/c1-6(2)8-4-7(3)11-5-9(8)10/h4-6H,1-3H3. The average Bonchev–Trinajstić information content (AvgIpc) is 1.94. The molecule has 1 aromatic rings. The fourth-order valence-electron chi connectivity index (χ4n) is 1.01. The maximum atomic E-state index is 13.0. The lowest BCUT2D eigenvalue weighted by molar-refractivity contribution is 0.590. The molecule has 2 heteroatoms. The van der Waals surface area contributed by atoms with Gasteiger partial charge in [0.1, 0.15) is 5.82 Å². The molecule has 0 fully saturated rings. The molecule has 1 nitrogen and oxygen atoms in total. The minimum Gasteiger partial charge on any atom is -0.259 e. The minimum atomic E-state index is -0.203. The van der Waals surface area contributed by atoms with Crippen LogP contribution in [-0.2, 0) is 0 Å². The number of hydrogen-bond acceptors (Lipinski definition) is 1. The normalized spacial score (nSPS) is 10.6. The molecule has 0 aliphatic carbocycles. The topological polar surface area (TPSA) is 12.9 Å². The van der Waals surface area contributed by atoms with Crippen LogP contribution in [-0.4, -0.2) is 4.98 Å². The van der Waals surface area contributed by atoms with E-state index in [1.807, 2.05) is 20.8 Å². The summed E-state index contributed by atoms with van der Waals surface area (Å²) in [5, 5.41) is 0. The Bertz CT molecular complexity index is 256. The summed E-state index contributed by atoms with van der Waals surface area (Å²) in [6.07, 6.45) is 1.28. The van der Waals surface area contributed by atoms with Gasteiger partial charge in [-0.25, -0.2) is 4.39 Å². The van der Waals surface area contributed by atoms with Gasteiger partial charge in [-0.3, -0.25) is 4.98 Å². The van der Waals surface area contributed by atoms with Crippen LogP contribution in [0.15, 0.2) is 12.3 Å². The van der Waals surface area contributed by atoms with Crippen molar-refractivity contribution in [1.29, 1.82) is 0 Å². The van der Waals surface area contributed by atoms with Crippen LogP contribution in [0.25, 0.3) is 0 Å². The van der Waals surface area contributed by atoms with Crippen LogP contribution in [0.2, 0.25) is 0 Å². The smallest absolute Gasteiger partial charge is 0.144 e. The van der Waals surface area contributed by atoms with E-state index in [0.717, 1.165) is 11.3 Å². The van der Waals surface area contributed by atoms with Crippen molar-refractivity contribution in [2.45, 2.75) is 26.7 Å². The quantitative estimate of drug-likeness (QED) is 0.604. The molecule has 1 heterocycles. The second-order valence-electron chi connectivity index (χ2n) is 3.00. The molecule has 0 amide bonds. The molecular formula is C9H12FN. The molecule has 0 saturated heterocycles. The molecule has 0 aliphatic heterocycles. The molecule has 1 aromatic heterocycles. The van der Waals surface area contributed by atoms with Gasteiger partial charge in [-0.1, -0.05) is 13.8 Å². The molecule has 0 radical (unpaired) electrons. The Balaban J connectivity index is 3.13. The molecule has 0 spiro atoms. The fraction of sp³-hybridized carbons (Fsp3) is 0.444. The molecule has 1 rings (SSSR count). The molecular weight excluding hydrogens is 141 g/mol. The number of hydrogen-bond donors (Lipinski definition) is 0. The van der Waals surface area contributed by atoms with Crippen LogP contribution in [0, 0.1) is 12.7 Å². The van der Waals surface area contributed by atoms with Crippen molar-refractivity contribution in [1.82, 2.24) is 4.98 Å². The van der Waals surface area contributed by atoms with Gasteiger partial charge in [-0.05, 0) is 24.5 Å². The van der Waals surface area contributed by atoms with Crippen molar-refractivity contribution in [3.8, 4) is 0 Å². The average molecular weight is 153 g/mol. The third-order valence-electron chi connectivity index (χ3n) is 1.64. The van der Waals surface area contributed by atoms with E-state index in [9.17, 15) is 4.39 Å². The van der Waals surface area contributed by atoms with Crippen LogP contribution >= 0.6 is 0 Å². The number of aryl methyl sites for hydroxylation is 1. The van der Waals surface area contributed by atoms with Gasteiger partial charge in [0.25, 0.3) is 0 Å². The van der Waals surface area contributed by atoms with Gasteiger partial charge in [0, 0.05) is 5.69 Å². The first-order chi connectivity index (χ1) is 5.11. The van der Waals surface area contributed by atoms with Crippen molar-refractivity contribution in [3.63, 3.8) is 0 Å². The Morgan fingerprint density at radius 1 is 1.45 bits per heavy atom. The maximum Gasteiger partial charge on any atom is 0.144 e. The Morgan fingerprint density at radius 2 is 2.09 bits per heavy atom. The van der Waals surface area contributed by atoms with Crippen LogP contribution in [0.1, 0.15) is 31.0 Å². The first kappa shape index (κ1) is 8.18. The van der Waals surface area contributed by atoms with Gasteiger partial charge in [-0.15, -0.1) is 0 Å². The number of aromatic nitrogens is 1. The van der Waals surface area contributed by atoms with Gasteiger partial charge in [-0.2, -0.15) is 0 Å². The van der Waals surface area contributed by atoms with Gasteiger partial charge in [0.15, 0.2) is 0 Å². The summed E-state index contributed by atoms with van der Waals surface area (Å²) in [7, 11) is 0. The highest BCUT2D eigenvalue weighted by molar-refractivity contribution is 5.20. The Kier molecular flexibility index (Phi) is 2.22. The van der Waals surface area contributed by atoms with Gasteiger partial charge in [0.05, 0.1) is 6.20 Å². The predicted molar refractivity (Wildman–Crippen MR) is 43.0 cm³/mol. The van der Waals surface area contributed by atoms with E-state index in [1.54, 1.807) is 6.07 Å². The molecule has 0 saturated carbocycles. The number of nitrogens with zero attached hydrogens (tertiary/aromatic N) is 1. The molecule has 0 bridgehead atoms. The van der Waals surface area contributed by atoms with Crippen molar-refractivity contribution >= 4 is 0 Å². The monoisotopic (exact) mass is 153 g/mol. The summed E-state index contributed by atoms with van der Waals surface area (Å²) in [4.78, 5) is 3.85. The fourth-order valence-corrected chi connectivity index (χ4v) is 1.01. The Morgan fingerprint density at radius 3 is 2.55 bits per heavy atom. The van der Waals surface area contributed by atoms with Crippen LogP contribution < -0.4 is 0 Å². The number of pyridine rings is 1. The lowest BCUT2D eigenvalue weighted by atomic mass is 10.0. The van der Waals surface area contributed by atoms with E-state index in [2.05, 4.69) is 4.98 Å². The van der Waals surface area contributed by atoms with Crippen molar-refractivity contribution < 1.29 is 4.39 Å². The summed E-state index contributed by atoms with van der Waals surface area (Å²) in [5.74, 6) is 0.0299. The molecule has 0 atom stereocenters. The minimum absolute atomic E-state index is 0.203. The molecule has 11 heavy (non-hydrogen) atoms. The number of rotatable bonds is 1. The van der Waals surface area contributed by atoms with Crippen LogP contribution in [0.5, 0.6) is 0 Å². The van der Waals surface area contributed by atoms with Crippen LogP contribution in [0.3, 0.4) is 0 Å². The highest BCUT2D eigenvalue weighted by atomic mass is 19.1. The van der Waals surface area contributed by atoms with Crippen molar-refractivity contribution in [2.75, 3.05) is 0 Å². The molecule has 60 valence electrons. The molecule has 0 unspecified atom stereocenters. The maximum absolute atomic E-state index is 13.0. The zero-order chi connectivity index (χ0) is 8.43. The van der Waals surface area contributed by atoms with Crippen molar-refractivity contribution in [2.24, 2.45) is 0 Å². The van der Waals surface area contributed by atoms with Gasteiger partial charge < -0.3 is 0 Å². The van der Waals surface area contributed by atoms with E-state index in [4.69, 9.17) is 0 Å². The zero-order valence-electron chi connectivity index (χ0n) is 7.06. The largest absolute Gasteiger partial charge is 0.259 e. The third-order valence-corrected chi connectivity index (χ3v) is 1.64. The summed E-state index contributed by atoms with van der Waals surface area (Å²) in [5.41, 5.74) is 1.62. The van der Waals surface area contributed by atoms with E-state index in [-0.39, 0.29) is 11.7 Å². The summed E-state index contributed by atoms with van der Waals surface area (Å²) >= 11 is 0. The third kappa shape index (κ3) is 1.76. The molecule has 0 aromatic carbocycles. The van der Waals surface area contributed by atoms with Gasteiger partial charge >= 0.3 is 0 Å². The summed E-state index contributed by atoms with van der Waals surface area (Å²) in [6, 6.07) is 1.79. The lowest BCUT2D eigenvalue weighted by Crippen LogP contribution is -1.95. The van der Waals surface area contributed by atoms with Crippen LogP contribution in [0.4, 0.5) is 4.39 Å². The second-order valence-corrected chi connectivity index (χ2v) is 3.00. The van der Waals surface area contributed by atoms with E-state index >= 15 is 0 Å². The predicted octanol–water partition coefficient (Wildman–Crippen LogP) is 2.65. The summed E-state index contributed by atoms with van der Waals surface area (Å²) < 4.78 is 13.0. The first-order valence-electron chi connectivity index (χ1n) is 3.73. The van der Waals surface area contributed by atoms with E-state index < -0.39 is 0 Å². The Hall–Kier alpha value is -0.920. The van der Waals surface area contributed by atoms with E-state index in [0.29, 0.717) is 0 Å². The zero-order valence-corrected chi connectivity index (χ0v) is 7.06. The number of halogens is 1. The highest BCUT2D eigenvalue weighted by Gasteiger charge is 2.05. The van der Waals surface area contributed by atoms with Gasteiger partial charge in [0.2, 0.25) is 0 Å². The summed E-state index contributed by atoms with van der Waals surface area (Å²) in [6.45, 7) is 5.81. The second kappa shape index (κ2) is 2.99. The van der Waals surface area contributed by atoms with E-state index in [1.165, 1.54) is 6.20 Å². The first-order valence-corrected chi connectivity index (χ1v) is 3.73. The molecule has 0 aliphatic rings. The molecule has 0 N–H and O–H groups in total. The lowest BCUT2D eigenvalue weighted by Gasteiger charge is -2.06. The Labute approximate surface area is 66.3 Å². The SMILES string of the molecule is Cc1cc(C(C)C)c(F)cn1. The van der Waals surface area contributed by atoms with Crippen molar-refractivity contribution in [3.05, 3.63) is 29.3 Å².